The predicted molar refractivity (Wildman–Crippen MR) is 80.8 cm³/mol. The Balaban J connectivity index is 1.88. The first-order valence-corrected chi connectivity index (χ1v) is 7.94. The lowest BCUT2D eigenvalue weighted by molar-refractivity contribution is -0.145. The van der Waals surface area contributed by atoms with Gasteiger partial charge in [-0.25, -0.2) is 0 Å². The van der Waals surface area contributed by atoms with Crippen molar-refractivity contribution in [2.24, 2.45) is 11.3 Å². The van der Waals surface area contributed by atoms with Crippen molar-refractivity contribution in [2.75, 3.05) is 19.6 Å². The lowest BCUT2D eigenvalue weighted by Crippen LogP contribution is -2.58. The molecule has 1 saturated heterocycles. The molecule has 1 aliphatic heterocycles. The normalized spacial score (nSPS) is 25.4. The fourth-order valence-electron chi connectivity index (χ4n) is 3.26. The number of nitrogens with one attached hydrogen (secondary N) is 1. The molecule has 0 aromatic heterocycles. The van der Waals surface area contributed by atoms with Crippen molar-refractivity contribution in [3.8, 4) is 0 Å². The molecule has 2 aliphatic rings. The minimum atomic E-state index is -0.796. The highest BCUT2D eigenvalue weighted by Gasteiger charge is 2.40. The highest BCUT2D eigenvalue weighted by atomic mass is 16.4. The second-order valence-corrected chi connectivity index (χ2v) is 7.97. The average Bonchev–Trinajstić information content (AvgIpc) is 3.12. The smallest absolute Gasteiger partial charge is 0.324 e. The molecule has 1 atom stereocenters. The highest BCUT2D eigenvalue weighted by molar-refractivity contribution is 5.78. The molecular weight excluding hydrogens is 252 g/mol. The van der Waals surface area contributed by atoms with Crippen LogP contribution in [0.1, 0.15) is 53.4 Å². The summed E-state index contributed by atoms with van der Waals surface area (Å²) >= 11 is 0. The van der Waals surface area contributed by atoms with Crippen molar-refractivity contribution in [3.05, 3.63) is 0 Å². The van der Waals surface area contributed by atoms with Crippen LogP contribution in [0.5, 0.6) is 0 Å². The van der Waals surface area contributed by atoms with Crippen molar-refractivity contribution in [2.45, 2.75) is 65.0 Å². The number of carbonyl (C=O) groups is 1. The van der Waals surface area contributed by atoms with Gasteiger partial charge in [-0.2, -0.15) is 0 Å². The molecule has 0 aromatic rings. The summed E-state index contributed by atoms with van der Waals surface area (Å²) in [6.45, 7) is 11.4. The molecule has 1 heterocycles. The van der Waals surface area contributed by atoms with Crippen LogP contribution in [0.25, 0.3) is 0 Å². The van der Waals surface area contributed by atoms with Gasteiger partial charge in [-0.05, 0) is 57.0 Å². The quantitative estimate of drug-likeness (QED) is 0.812. The summed E-state index contributed by atoms with van der Waals surface area (Å²) in [7, 11) is 0. The molecule has 2 fully saturated rings. The number of hydrogen-bond acceptors (Lipinski definition) is 3. The van der Waals surface area contributed by atoms with E-state index < -0.39 is 11.5 Å². The summed E-state index contributed by atoms with van der Waals surface area (Å²) in [6.07, 6.45) is 4.61. The van der Waals surface area contributed by atoms with Crippen molar-refractivity contribution in [1.82, 2.24) is 10.2 Å². The Kier molecular flexibility index (Phi) is 4.45. The second-order valence-electron chi connectivity index (χ2n) is 7.97. The van der Waals surface area contributed by atoms with Crippen LogP contribution >= 0.6 is 0 Å². The Hall–Kier alpha value is -0.610. The number of hydrogen-bond donors (Lipinski definition) is 2. The van der Waals surface area contributed by atoms with Crippen LogP contribution in [-0.2, 0) is 4.79 Å². The first-order valence-electron chi connectivity index (χ1n) is 7.94. The summed E-state index contributed by atoms with van der Waals surface area (Å²) in [4.78, 5) is 13.9. The number of likely N-dealkylation sites (tertiary alicyclic amines) is 1. The molecule has 1 saturated carbocycles. The van der Waals surface area contributed by atoms with Gasteiger partial charge in [0.05, 0.1) is 0 Å². The van der Waals surface area contributed by atoms with Gasteiger partial charge < -0.3 is 10.0 Å². The first-order chi connectivity index (χ1) is 9.21. The maximum atomic E-state index is 11.6. The number of rotatable bonds is 5. The molecule has 0 spiro atoms. The lowest BCUT2D eigenvalue weighted by atomic mass is 9.75. The monoisotopic (exact) mass is 282 g/mol. The van der Waals surface area contributed by atoms with E-state index in [0.29, 0.717) is 18.0 Å². The Morgan fingerprint density at radius 1 is 1.15 bits per heavy atom. The van der Waals surface area contributed by atoms with Gasteiger partial charge in [0.1, 0.15) is 5.54 Å². The van der Waals surface area contributed by atoms with E-state index in [9.17, 15) is 9.90 Å². The largest absolute Gasteiger partial charge is 0.480 e. The molecule has 20 heavy (non-hydrogen) atoms. The SMILES string of the molecule is CC(CN1CCC(C(C)(C)C)CC1)(NC1CC1)C(=O)O. The van der Waals surface area contributed by atoms with Crippen LogP contribution in [0.4, 0.5) is 0 Å². The lowest BCUT2D eigenvalue weighted by Gasteiger charge is -2.41. The number of carboxylic acids is 1. The Morgan fingerprint density at radius 3 is 2.10 bits per heavy atom. The first kappa shape index (κ1) is 15.8. The number of aliphatic carboxylic acids is 1. The predicted octanol–water partition coefficient (Wildman–Crippen LogP) is 2.34. The van der Waals surface area contributed by atoms with Crippen molar-refractivity contribution in [1.29, 1.82) is 0 Å². The summed E-state index contributed by atoms with van der Waals surface area (Å²) in [5, 5.41) is 12.8. The van der Waals surface area contributed by atoms with E-state index in [2.05, 4.69) is 31.0 Å². The summed E-state index contributed by atoms with van der Waals surface area (Å²) < 4.78 is 0. The molecule has 116 valence electrons. The zero-order valence-electron chi connectivity index (χ0n) is 13.4. The third-order valence-corrected chi connectivity index (χ3v) is 4.92. The van der Waals surface area contributed by atoms with Gasteiger partial charge >= 0.3 is 5.97 Å². The van der Waals surface area contributed by atoms with E-state index in [-0.39, 0.29) is 0 Å². The molecule has 1 unspecified atom stereocenters. The summed E-state index contributed by atoms with van der Waals surface area (Å²) in [6, 6.07) is 0.420. The van der Waals surface area contributed by atoms with Gasteiger partial charge in [-0.1, -0.05) is 20.8 Å². The molecule has 1 aliphatic carbocycles. The third-order valence-electron chi connectivity index (χ3n) is 4.92. The van der Waals surface area contributed by atoms with Gasteiger partial charge in [0.2, 0.25) is 0 Å². The molecule has 4 nitrogen and oxygen atoms in total. The van der Waals surface area contributed by atoms with Gasteiger partial charge in [0, 0.05) is 12.6 Å². The van der Waals surface area contributed by atoms with Crippen LogP contribution in [0.2, 0.25) is 0 Å². The fraction of sp³-hybridized carbons (Fsp3) is 0.938. The van der Waals surface area contributed by atoms with E-state index in [1.54, 1.807) is 0 Å². The standard InChI is InChI=1S/C16H30N2O2/c1-15(2,3)12-7-9-18(10-8-12)11-16(4,14(19)20)17-13-5-6-13/h12-13,17H,5-11H2,1-4H3,(H,19,20). The zero-order chi connectivity index (χ0) is 15.0. The van der Waals surface area contributed by atoms with Gasteiger partial charge in [-0.15, -0.1) is 0 Å². The zero-order valence-corrected chi connectivity index (χ0v) is 13.4. The minimum absolute atomic E-state index is 0.369. The van der Waals surface area contributed by atoms with Gasteiger partial charge in [-0.3, -0.25) is 10.1 Å². The Morgan fingerprint density at radius 2 is 1.70 bits per heavy atom. The van der Waals surface area contributed by atoms with Gasteiger partial charge in [0.15, 0.2) is 0 Å². The Bertz CT molecular complexity index is 352. The van der Waals surface area contributed by atoms with E-state index in [1.807, 2.05) is 6.92 Å². The van der Waals surface area contributed by atoms with E-state index >= 15 is 0 Å². The topological polar surface area (TPSA) is 52.6 Å². The highest BCUT2D eigenvalue weighted by Crippen LogP contribution is 2.34. The van der Waals surface area contributed by atoms with Crippen molar-refractivity contribution >= 4 is 5.97 Å². The van der Waals surface area contributed by atoms with Crippen LogP contribution < -0.4 is 5.32 Å². The third kappa shape index (κ3) is 3.95. The van der Waals surface area contributed by atoms with Crippen LogP contribution in [0.15, 0.2) is 0 Å². The van der Waals surface area contributed by atoms with Crippen LogP contribution in [0.3, 0.4) is 0 Å². The summed E-state index contributed by atoms with van der Waals surface area (Å²) in [5.74, 6) is 0.0357. The molecule has 0 bridgehead atoms. The van der Waals surface area contributed by atoms with E-state index in [4.69, 9.17) is 0 Å². The van der Waals surface area contributed by atoms with Crippen LogP contribution in [-0.4, -0.2) is 47.2 Å². The summed E-state index contributed by atoms with van der Waals surface area (Å²) in [5.41, 5.74) is -0.426. The molecule has 0 aromatic carbocycles. The molecule has 0 amide bonds. The minimum Gasteiger partial charge on any atom is -0.480 e. The molecule has 2 N–H and O–H groups in total. The van der Waals surface area contributed by atoms with E-state index in [0.717, 1.165) is 31.8 Å². The van der Waals surface area contributed by atoms with Crippen molar-refractivity contribution < 1.29 is 9.90 Å². The number of piperidine rings is 1. The number of carboxylic acid groups (broad SMARTS) is 1. The maximum absolute atomic E-state index is 11.6. The molecule has 2 rings (SSSR count). The maximum Gasteiger partial charge on any atom is 0.324 e. The fourth-order valence-corrected chi connectivity index (χ4v) is 3.26. The van der Waals surface area contributed by atoms with Gasteiger partial charge in [0.25, 0.3) is 0 Å². The van der Waals surface area contributed by atoms with Crippen LogP contribution in [0, 0.1) is 11.3 Å². The van der Waals surface area contributed by atoms with Crippen molar-refractivity contribution in [3.63, 3.8) is 0 Å². The molecular formula is C16H30N2O2. The average molecular weight is 282 g/mol. The number of nitrogens with zero attached hydrogens (tertiary/aromatic N) is 1. The Labute approximate surface area is 122 Å². The van der Waals surface area contributed by atoms with E-state index in [1.165, 1.54) is 12.8 Å². The molecule has 0 radical (unpaired) electrons. The second kappa shape index (κ2) is 5.64. The molecule has 4 heteroatoms.